The highest BCUT2D eigenvalue weighted by atomic mass is 16.5. The van der Waals surface area contributed by atoms with E-state index in [-0.39, 0.29) is 12.5 Å². The highest BCUT2D eigenvalue weighted by molar-refractivity contribution is 5.85. The fourth-order valence-corrected chi connectivity index (χ4v) is 3.26. The smallest absolute Gasteiger partial charge is 0.408 e. The van der Waals surface area contributed by atoms with Crippen LogP contribution >= 0.6 is 0 Å². The molecular formula is C16H25N3O4. The van der Waals surface area contributed by atoms with E-state index in [0.717, 1.165) is 12.8 Å². The van der Waals surface area contributed by atoms with Gasteiger partial charge in [-0.3, -0.25) is 4.79 Å². The lowest BCUT2D eigenvalue weighted by molar-refractivity contribution is -0.138. The molecule has 1 heterocycles. The van der Waals surface area contributed by atoms with Crippen LogP contribution in [0.25, 0.3) is 0 Å². The Morgan fingerprint density at radius 3 is 2.61 bits per heavy atom. The summed E-state index contributed by atoms with van der Waals surface area (Å²) in [7, 11) is 0. The quantitative estimate of drug-likeness (QED) is 0.826. The van der Waals surface area contributed by atoms with E-state index in [0.29, 0.717) is 38.6 Å². The lowest BCUT2D eigenvalue weighted by Crippen LogP contribution is -2.52. The first kappa shape index (κ1) is 17.5. The van der Waals surface area contributed by atoms with Crippen molar-refractivity contribution in [2.75, 3.05) is 32.9 Å². The van der Waals surface area contributed by atoms with Crippen LogP contribution in [0.1, 0.15) is 38.5 Å². The van der Waals surface area contributed by atoms with Crippen molar-refractivity contribution in [3.8, 4) is 6.07 Å². The van der Waals surface area contributed by atoms with Gasteiger partial charge < -0.3 is 19.7 Å². The molecule has 23 heavy (non-hydrogen) atoms. The van der Waals surface area contributed by atoms with E-state index in [4.69, 9.17) is 14.7 Å². The summed E-state index contributed by atoms with van der Waals surface area (Å²) >= 11 is 0. The standard InChI is InChI=1S/C16H25N3O4/c17-6-9-23-16(21)18-14(12-13-4-2-1-3-5-13)15(20)19-7-10-22-11-8-19/h13-14H,1-5,7-12H2,(H,18,21)/t14-/m0/s1. The molecule has 2 fully saturated rings. The van der Waals surface area contributed by atoms with E-state index in [1.54, 1.807) is 11.0 Å². The molecule has 1 saturated carbocycles. The van der Waals surface area contributed by atoms with Crippen molar-refractivity contribution < 1.29 is 19.1 Å². The zero-order valence-corrected chi connectivity index (χ0v) is 13.5. The number of nitriles is 1. The number of morpholine rings is 1. The van der Waals surface area contributed by atoms with Crippen molar-refractivity contribution in [3.63, 3.8) is 0 Å². The van der Waals surface area contributed by atoms with Gasteiger partial charge in [0.05, 0.1) is 13.2 Å². The number of amides is 2. The van der Waals surface area contributed by atoms with Crippen LogP contribution in [0.15, 0.2) is 0 Å². The third-order valence-corrected chi connectivity index (χ3v) is 4.47. The molecule has 0 aromatic rings. The highest BCUT2D eigenvalue weighted by Crippen LogP contribution is 2.27. The molecule has 2 rings (SSSR count). The third-order valence-electron chi connectivity index (χ3n) is 4.47. The van der Waals surface area contributed by atoms with Crippen molar-refractivity contribution in [1.82, 2.24) is 10.2 Å². The largest absolute Gasteiger partial charge is 0.434 e. The number of carbonyl (C=O) groups excluding carboxylic acids is 2. The van der Waals surface area contributed by atoms with Crippen LogP contribution in [0.5, 0.6) is 0 Å². The number of rotatable bonds is 5. The number of hydrogen-bond donors (Lipinski definition) is 1. The molecule has 7 heteroatoms. The van der Waals surface area contributed by atoms with Crippen LogP contribution in [0.4, 0.5) is 4.79 Å². The molecule has 1 aliphatic carbocycles. The summed E-state index contributed by atoms with van der Waals surface area (Å²) in [6.45, 7) is 1.85. The SMILES string of the molecule is N#CCOC(=O)N[C@@H](CC1CCCCC1)C(=O)N1CCOCC1. The van der Waals surface area contributed by atoms with E-state index in [1.165, 1.54) is 19.3 Å². The Morgan fingerprint density at radius 2 is 1.96 bits per heavy atom. The minimum atomic E-state index is -0.700. The fourth-order valence-electron chi connectivity index (χ4n) is 3.26. The van der Waals surface area contributed by atoms with Gasteiger partial charge in [-0.05, 0) is 12.3 Å². The number of nitrogens with one attached hydrogen (secondary N) is 1. The minimum Gasteiger partial charge on any atom is -0.434 e. The van der Waals surface area contributed by atoms with E-state index < -0.39 is 12.1 Å². The first-order chi connectivity index (χ1) is 11.2. The van der Waals surface area contributed by atoms with Crippen LogP contribution in [0.3, 0.4) is 0 Å². The Labute approximate surface area is 136 Å². The molecule has 0 unspecified atom stereocenters. The second-order valence-corrected chi connectivity index (χ2v) is 6.11. The molecule has 2 amide bonds. The molecule has 1 N–H and O–H groups in total. The van der Waals surface area contributed by atoms with Gasteiger partial charge in [0.15, 0.2) is 6.61 Å². The average Bonchev–Trinajstić information content (AvgIpc) is 2.60. The monoisotopic (exact) mass is 323 g/mol. The Morgan fingerprint density at radius 1 is 1.26 bits per heavy atom. The Balaban J connectivity index is 1.95. The average molecular weight is 323 g/mol. The maximum Gasteiger partial charge on any atom is 0.408 e. The van der Waals surface area contributed by atoms with E-state index >= 15 is 0 Å². The van der Waals surface area contributed by atoms with E-state index in [2.05, 4.69) is 5.32 Å². The summed E-state index contributed by atoms with van der Waals surface area (Å²) in [5.74, 6) is 0.378. The summed E-state index contributed by atoms with van der Waals surface area (Å²) in [6, 6.07) is 1.17. The van der Waals surface area contributed by atoms with Gasteiger partial charge in [0.1, 0.15) is 12.1 Å². The zero-order chi connectivity index (χ0) is 16.5. The summed E-state index contributed by atoms with van der Waals surface area (Å²) in [6.07, 6.45) is 5.75. The van der Waals surface area contributed by atoms with Crippen molar-refractivity contribution in [1.29, 1.82) is 5.26 Å². The normalized spacial score (nSPS) is 20.4. The second-order valence-electron chi connectivity index (χ2n) is 6.11. The maximum atomic E-state index is 12.7. The molecule has 1 saturated heterocycles. The summed E-state index contributed by atoms with van der Waals surface area (Å²) in [5, 5.41) is 11.1. The van der Waals surface area contributed by atoms with Gasteiger partial charge in [-0.1, -0.05) is 32.1 Å². The highest BCUT2D eigenvalue weighted by Gasteiger charge is 2.30. The van der Waals surface area contributed by atoms with E-state index in [9.17, 15) is 9.59 Å². The molecule has 0 aromatic carbocycles. The number of carbonyl (C=O) groups is 2. The van der Waals surface area contributed by atoms with Gasteiger partial charge in [-0.2, -0.15) is 5.26 Å². The predicted octanol–water partition coefficient (Wildman–Crippen LogP) is 1.43. The number of hydrogen-bond acceptors (Lipinski definition) is 5. The molecule has 1 aliphatic heterocycles. The number of alkyl carbamates (subject to hydrolysis) is 1. The molecule has 0 spiro atoms. The van der Waals surface area contributed by atoms with Gasteiger partial charge >= 0.3 is 6.09 Å². The lowest BCUT2D eigenvalue weighted by Gasteiger charge is -2.32. The second kappa shape index (κ2) is 9.36. The first-order valence-electron chi connectivity index (χ1n) is 8.37. The molecule has 0 aromatic heterocycles. The molecule has 7 nitrogen and oxygen atoms in total. The van der Waals surface area contributed by atoms with Crippen molar-refractivity contribution in [2.45, 2.75) is 44.6 Å². The Hall–Kier alpha value is -1.81. The maximum absolute atomic E-state index is 12.7. The van der Waals surface area contributed by atoms with Gasteiger partial charge in [0.2, 0.25) is 5.91 Å². The number of nitrogens with zero attached hydrogens (tertiary/aromatic N) is 2. The number of ether oxygens (including phenoxy) is 2. The zero-order valence-electron chi connectivity index (χ0n) is 13.5. The van der Waals surface area contributed by atoms with Gasteiger partial charge in [-0.25, -0.2) is 4.79 Å². The summed E-state index contributed by atoms with van der Waals surface area (Å²) in [5.41, 5.74) is 0. The van der Waals surface area contributed by atoms with Crippen LogP contribution in [0, 0.1) is 17.2 Å². The van der Waals surface area contributed by atoms with Crippen molar-refractivity contribution in [2.24, 2.45) is 5.92 Å². The minimum absolute atomic E-state index is 0.0761. The fraction of sp³-hybridized carbons (Fsp3) is 0.812. The predicted molar refractivity (Wildman–Crippen MR) is 82.5 cm³/mol. The topological polar surface area (TPSA) is 91.7 Å². The van der Waals surface area contributed by atoms with Crippen LogP contribution in [-0.4, -0.2) is 55.9 Å². The van der Waals surface area contributed by atoms with Crippen molar-refractivity contribution in [3.05, 3.63) is 0 Å². The van der Waals surface area contributed by atoms with Gasteiger partial charge in [0.25, 0.3) is 0 Å². The van der Waals surface area contributed by atoms with Crippen LogP contribution in [0.2, 0.25) is 0 Å². The molecule has 0 radical (unpaired) electrons. The summed E-state index contributed by atoms with van der Waals surface area (Å²) in [4.78, 5) is 26.2. The van der Waals surface area contributed by atoms with Gasteiger partial charge in [-0.15, -0.1) is 0 Å². The first-order valence-corrected chi connectivity index (χ1v) is 8.37. The van der Waals surface area contributed by atoms with Crippen molar-refractivity contribution >= 4 is 12.0 Å². The molecule has 1 atom stereocenters. The lowest BCUT2D eigenvalue weighted by atomic mass is 9.84. The van der Waals surface area contributed by atoms with Crippen LogP contribution < -0.4 is 5.32 Å². The van der Waals surface area contributed by atoms with E-state index in [1.807, 2.05) is 0 Å². The van der Waals surface area contributed by atoms with Crippen LogP contribution in [-0.2, 0) is 14.3 Å². The molecular weight excluding hydrogens is 298 g/mol. The molecule has 0 bridgehead atoms. The Bertz CT molecular complexity index is 437. The summed E-state index contributed by atoms with van der Waals surface area (Å²) < 4.78 is 10.0. The van der Waals surface area contributed by atoms with Gasteiger partial charge in [0, 0.05) is 13.1 Å². The third kappa shape index (κ3) is 5.71. The molecule has 128 valence electrons. The molecule has 2 aliphatic rings. The Kier molecular flexibility index (Phi) is 7.14.